The number of nitro groups is 1. The van der Waals surface area contributed by atoms with Crippen molar-refractivity contribution in [2.45, 2.75) is 12.8 Å². The zero-order valence-corrected chi connectivity index (χ0v) is 10.2. The van der Waals surface area contributed by atoms with E-state index in [2.05, 4.69) is 5.32 Å². The van der Waals surface area contributed by atoms with Gasteiger partial charge in [0.1, 0.15) is 6.07 Å². The third-order valence-corrected chi connectivity index (χ3v) is 2.43. The van der Waals surface area contributed by atoms with Gasteiger partial charge in [-0.3, -0.25) is 10.1 Å². The first-order chi connectivity index (χ1) is 8.69. The van der Waals surface area contributed by atoms with Gasteiger partial charge in [0.25, 0.3) is 5.69 Å². The van der Waals surface area contributed by atoms with Crippen molar-refractivity contribution in [3.8, 4) is 6.07 Å². The number of anilines is 1. The minimum absolute atomic E-state index is 0.0727. The maximum absolute atomic E-state index is 10.6. The van der Waals surface area contributed by atoms with Crippen molar-refractivity contribution in [1.82, 2.24) is 0 Å². The molecule has 0 saturated heterocycles. The highest BCUT2D eigenvalue weighted by Gasteiger charge is 2.09. The Labute approximate surface area is 105 Å². The van der Waals surface area contributed by atoms with Gasteiger partial charge in [-0.05, 0) is 18.9 Å². The van der Waals surface area contributed by atoms with Gasteiger partial charge in [-0.1, -0.05) is 0 Å². The third-order valence-electron chi connectivity index (χ3n) is 2.43. The first-order valence-electron chi connectivity index (χ1n) is 5.60. The van der Waals surface area contributed by atoms with Gasteiger partial charge in [-0.2, -0.15) is 5.26 Å². The van der Waals surface area contributed by atoms with E-state index in [0.29, 0.717) is 18.8 Å². The van der Waals surface area contributed by atoms with E-state index >= 15 is 0 Å². The van der Waals surface area contributed by atoms with Gasteiger partial charge in [0.2, 0.25) is 0 Å². The summed E-state index contributed by atoms with van der Waals surface area (Å²) in [5, 5.41) is 22.6. The van der Waals surface area contributed by atoms with E-state index in [4.69, 9.17) is 10.00 Å². The highest BCUT2D eigenvalue weighted by atomic mass is 16.6. The second-order valence-corrected chi connectivity index (χ2v) is 3.73. The number of nitrogens with zero attached hydrogens (tertiary/aromatic N) is 2. The Morgan fingerprint density at radius 1 is 1.50 bits per heavy atom. The average molecular weight is 249 g/mol. The van der Waals surface area contributed by atoms with E-state index in [1.165, 1.54) is 12.1 Å². The Hall–Kier alpha value is -2.13. The van der Waals surface area contributed by atoms with Gasteiger partial charge >= 0.3 is 0 Å². The molecular formula is C12H15N3O3. The summed E-state index contributed by atoms with van der Waals surface area (Å²) in [5.74, 6) is 0. The van der Waals surface area contributed by atoms with Crippen LogP contribution in [-0.4, -0.2) is 25.2 Å². The minimum Gasteiger partial charge on any atom is -0.385 e. The van der Waals surface area contributed by atoms with Crippen molar-refractivity contribution in [3.63, 3.8) is 0 Å². The average Bonchev–Trinajstić information content (AvgIpc) is 2.38. The van der Waals surface area contributed by atoms with Crippen LogP contribution in [0.4, 0.5) is 11.4 Å². The molecule has 1 aromatic carbocycles. The van der Waals surface area contributed by atoms with Crippen LogP contribution in [-0.2, 0) is 4.74 Å². The molecule has 0 aliphatic heterocycles. The van der Waals surface area contributed by atoms with Gasteiger partial charge in [0, 0.05) is 32.4 Å². The summed E-state index contributed by atoms with van der Waals surface area (Å²) in [5.41, 5.74) is 0.841. The number of unbranched alkanes of at least 4 members (excludes halogenated alkanes) is 1. The number of rotatable bonds is 7. The molecule has 6 heteroatoms. The Morgan fingerprint density at radius 3 is 2.89 bits per heavy atom. The summed E-state index contributed by atoms with van der Waals surface area (Å²) in [6.45, 7) is 1.41. The maximum Gasteiger partial charge on any atom is 0.270 e. The van der Waals surface area contributed by atoms with Crippen molar-refractivity contribution >= 4 is 11.4 Å². The largest absolute Gasteiger partial charge is 0.385 e. The molecule has 0 amide bonds. The Balaban J connectivity index is 2.61. The van der Waals surface area contributed by atoms with Gasteiger partial charge in [0.15, 0.2) is 0 Å². The number of non-ortho nitro benzene ring substituents is 1. The van der Waals surface area contributed by atoms with Crippen LogP contribution in [0.5, 0.6) is 0 Å². The van der Waals surface area contributed by atoms with Crippen molar-refractivity contribution in [2.24, 2.45) is 0 Å². The van der Waals surface area contributed by atoms with Gasteiger partial charge in [-0.15, -0.1) is 0 Å². The van der Waals surface area contributed by atoms with Crippen LogP contribution in [0, 0.1) is 21.4 Å². The highest BCUT2D eigenvalue weighted by Crippen LogP contribution is 2.21. The maximum atomic E-state index is 10.6. The molecule has 0 atom stereocenters. The smallest absolute Gasteiger partial charge is 0.270 e. The van der Waals surface area contributed by atoms with Crippen molar-refractivity contribution < 1.29 is 9.66 Å². The summed E-state index contributed by atoms with van der Waals surface area (Å²) in [6.07, 6.45) is 1.84. The van der Waals surface area contributed by atoms with Crippen LogP contribution in [0.2, 0.25) is 0 Å². The summed E-state index contributed by atoms with van der Waals surface area (Å²) in [4.78, 5) is 10.1. The summed E-state index contributed by atoms with van der Waals surface area (Å²) >= 11 is 0. The van der Waals surface area contributed by atoms with E-state index in [0.717, 1.165) is 12.8 Å². The van der Waals surface area contributed by atoms with Crippen LogP contribution in [0.25, 0.3) is 0 Å². The van der Waals surface area contributed by atoms with E-state index < -0.39 is 4.92 Å². The normalized spacial score (nSPS) is 9.78. The van der Waals surface area contributed by atoms with Gasteiger partial charge in [0.05, 0.1) is 16.2 Å². The van der Waals surface area contributed by atoms with Crippen LogP contribution < -0.4 is 5.32 Å². The minimum atomic E-state index is -0.511. The second-order valence-electron chi connectivity index (χ2n) is 3.73. The lowest BCUT2D eigenvalue weighted by Crippen LogP contribution is -2.04. The van der Waals surface area contributed by atoms with Crippen molar-refractivity contribution in [3.05, 3.63) is 33.9 Å². The Morgan fingerprint density at radius 2 is 2.28 bits per heavy atom. The number of nitro benzene ring substituents is 1. The van der Waals surface area contributed by atoms with Crippen LogP contribution in [0.3, 0.4) is 0 Å². The highest BCUT2D eigenvalue weighted by molar-refractivity contribution is 5.61. The molecule has 0 aliphatic rings. The van der Waals surface area contributed by atoms with Crippen LogP contribution >= 0.6 is 0 Å². The molecule has 1 aromatic rings. The molecular weight excluding hydrogens is 234 g/mol. The number of nitriles is 1. The fraction of sp³-hybridized carbons (Fsp3) is 0.417. The zero-order valence-electron chi connectivity index (χ0n) is 10.2. The quantitative estimate of drug-likeness (QED) is 0.455. The van der Waals surface area contributed by atoms with E-state index in [1.54, 1.807) is 13.2 Å². The van der Waals surface area contributed by atoms with Gasteiger partial charge in [-0.25, -0.2) is 0 Å². The summed E-state index contributed by atoms with van der Waals surface area (Å²) in [7, 11) is 1.65. The standard InChI is InChI=1S/C12H15N3O3/c1-18-7-3-2-6-14-12-5-4-11(15(16)17)8-10(12)9-13/h4-5,8,14H,2-3,6-7H2,1H3. The lowest BCUT2D eigenvalue weighted by atomic mass is 10.1. The van der Waals surface area contributed by atoms with E-state index in [9.17, 15) is 10.1 Å². The monoisotopic (exact) mass is 249 g/mol. The zero-order chi connectivity index (χ0) is 13.4. The lowest BCUT2D eigenvalue weighted by Gasteiger charge is -2.07. The molecule has 6 nitrogen and oxygen atoms in total. The molecule has 0 bridgehead atoms. The fourth-order valence-electron chi connectivity index (χ4n) is 1.49. The first kappa shape index (κ1) is 13.9. The molecule has 18 heavy (non-hydrogen) atoms. The molecule has 0 aliphatic carbocycles. The number of methoxy groups -OCH3 is 1. The number of hydrogen-bond acceptors (Lipinski definition) is 5. The fourth-order valence-corrected chi connectivity index (χ4v) is 1.49. The summed E-state index contributed by atoms with van der Waals surface area (Å²) in [6, 6.07) is 6.18. The van der Waals surface area contributed by atoms with E-state index in [1.807, 2.05) is 6.07 Å². The third kappa shape index (κ3) is 4.03. The molecule has 0 fully saturated rings. The topological polar surface area (TPSA) is 88.2 Å². The van der Waals surface area contributed by atoms with E-state index in [-0.39, 0.29) is 11.3 Å². The number of hydrogen-bond donors (Lipinski definition) is 1. The molecule has 0 unspecified atom stereocenters. The molecule has 0 aromatic heterocycles. The predicted molar refractivity (Wildman–Crippen MR) is 67.4 cm³/mol. The predicted octanol–water partition coefficient (Wildman–Crippen LogP) is 2.30. The molecule has 0 spiro atoms. The molecule has 0 radical (unpaired) electrons. The molecule has 0 saturated carbocycles. The van der Waals surface area contributed by atoms with Crippen molar-refractivity contribution in [1.29, 1.82) is 5.26 Å². The molecule has 1 rings (SSSR count). The number of benzene rings is 1. The Bertz CT molecular complexity index is 454. The number of ether oxygens (including phenoxy) is 1. The molecule has 1 N–H and O–H groups in total. The Kier molecular flexibility index (Phi) is 5.61. The van der Waals surface area contributed by atoms with Crippen LogP contribution in [0.15, 0.2) is 18.2 Å². The number of nitrogens with one attached hydrogen (secondary N) is 1. The molecule has 96 valence electrons. The van der Waals surface area contributed by atoms with Crippen molar-refractivity contribution in [2.75, 3.05) is 25.6 Å². The lowest BCUT2D eigenvalue weighted by molar-refractivity contribution is -0.384. The first-order valence-corrected chi connectivity index (χ1v) is 5.60. The summed E-state index contributed by atoms with van der Waals surface area (Å²) < 4.78 is 4.93. The van der Waals surface area contributed by atoms with Crippen LogP contribution in [0.1, 0.15) is 18.4 Å². The molecule has 0 heterocycles. The second kappa shape index (κ2) is 7.25. The van der Waals surface area contributed by atoms with Gasteiger partial charge < -0.3 is 10.1 Å². The SMILES string of the molecule is COCCCCNc1ccc([N+](=O)[O-])cc1C#N.